The molecule has 1 atom stereocenters. The van der Waals surface area contributed by atoms with E-state index in [2.05, 4.69) is 16.0 Å². The van der Waals surface area contributed by atoms with Crippen LogP contribution in [-0.4, -0.2) is 35.4 Å². The van der Waals surface area contributed by atoms with Crippen molar-refractivity contribution < 1.29 is 13.5 Å². The lowest BCUT2D eigenvalue weighted by atomic mass is 10.1. The highest BCUT2D eigenvalue weighted by Gasteiger charge is 2.36. The van der Waals surface area contributed by atoms with E-state index in [0.717, 1.165) is 22.4 Å². The number of aromatic nitrogens is 1. The second kappa shape index (κ2) is 10.4. The van der Waals surface area contributed by atoms with Crippen molar-refractivity contribution in [3.8, 4) is 11.8 Å². The lowest BCUT2D eigenvalue weighted by molar-refractivity contribution is 0.318. The molecule has 4 aromatic rings. The number of aromatic hydroxyl groups is 1. The van der Waals surface area contributed by atoms with Crippen molar-refractivity contribution >= 4 is 15.7 Å². The number of nitrogens with zero attached hydrogens (tertiary/aromatic N) is 4. The Morgan fingerprint density at radius 3 is 2.43 bits per heavy atom. The Morgan fingerprint density at radius 1 is 0.973 bits per heavy atom. The standard InChI is InChI=1S/C29H26N4O3S/c30-17-23-8-13-29-25(15-23)20-33(37(35,36)28-11-9-27(34)10-12-28)26(16-22-5-2-1-3-6-22)21-32(29)19-24-7-4-14-31-18-24/h1-15,18,26,34H,16,19-21H2/t26-/m1/s1. The molecular formula is C29H26N4O3S. The Labute approximate surface area is 216 Å². The van der Waals surface area contributed by atoms with Gasteiger partial charge >= 0.3 is 0 Å². The minimum Gasteiger partial charge on any atom is -0.508 e. The summed E-state index contributed by atoms with van der Waals surface area (Å²) in [6.07, 6.45) is 4.05. The predicted octanol–water partition coefficient (Wildman–Crippen LogP) is 4.48. The van der Waals surface area contributed by atoms with Crippen LogP contribution in [0, 0.1) is 11.3 Å². The summed E-state index contributed by atoms with van der Waals surface area (Å²) in [5, 5.41) is 19.3. The van der Waals surface area contributed by atoms with Crippen LogP contribution in [0.1, 0.15) is 22.3 Å². The molecule has 37 heavy (non-hydrogen) atoms. The van der Waals surface area contributed by atoms with Crippen molar-refractivity contribution in [3.63, 3.8) is 0 Å². The molecule has 1 N–H and O–H groups in total. The minimum absolute atomic E-state index is 0.00213. The molecule has 2 heterocycles. The van der Waals surface area contributed by atoms with Crippen LogP contribution in [0.2, 0.25) is 0 Å². The van der Waals surface area contributed by atoms with E-state index >= 15 is 0 Å². The summed E-state index contributed by atoms with van der Waals surface area (Å²) in [5.41, 5.74) is 4.17. The molecule has 0 spiro atoms. The normalized spacial score (nSPS) is 16.0. The molecule has 0 fully saturated rings. The minimum atomic E-state index is -3.93. The molecule has 0 amide bonds. The number of hydrogen-bond donors (Lipinski definition) is 1. The van der Waals surface area contributed by atoms with Gasteiger partial charge in [-0.15, -0.1) is 0 Å². The molecule has 5 rings (SSSR count). The molecule has 3 aromatic carbocycles. The van der Waals surface area contributed by atoms with Crippen LogP contribution in [-0.2, 0) is 29.5 Å². The molecule has 7 nitrogen and oxygen atoms in total. The van der Waals surface area contributed by atoms with Gasteiger partial charge in [-0.1, -0.05) is 36.4 Å². The summed E-state index contributed by atoms with van der Waals surface area (Å²) < 4.78 is 29.6. The first kappa shape index (κ1) is 24.5. The average molecular weight is 511 g/mol. The highest BCUT2D eigenvalue weighted by molar-refractivity contribution is 7.89. The van der Waals surface area contributed by atoms with Gasteiger partial charge in [-0.25, -0.2) is 8.42 Å². The Kier molecular flexibility index (Phi) is 6.91. The molecule has 0 bridgehead atoms. The lowest BCUT2D eigenvalue weighted by Gasteiger charge is -2.32. The number of fused-ring (bicyclic) bond motifs is 1. The van der Waals surface area contributed by atoms with Crippen LogP contribution < -0.4 is 4.90 Å². The maximum absolute atomic E-state index is 14.0. The molecule has 0 aliphatic carbocycles. The van der Waals surface area contributed by atoms with Gasteiger partial charge in [0, 0.05) is 43.8 Å². The van der Waals surface area contributed by atoms with Gasteiger partial charge in [-0.2, -0.15) is 9.57 Å². The van der Waals surface area contributed by atoms with E-state index in [1.165, 1.54) is 28.6 Å². The molecule has 8 heteroatoms. The number of anilines is 1. The summed E-state index contributed by atoms with van der Waals surface area (Å²) in [6.45, 7) is 1.11. The Bertz CT molecular complexity index is 1520. The van der Waals surface area contributed by atoms with Crippen LogP contribution >= 0.6 is 0 Å². The van der Waals surface area contributed by atoms with Gasteiger partial charge in [0.1, 0.15) is 5.75 Å². The molecule has 186 valence electrons. The van der Waals surface area contributed by atoms with Crippen LogP contribution in [0.4, 0.5) is 5.69 Å². The number of nitriles is 1. The van der Waals surface area contributed by atoms with E-state index in [-0.39, 0.29) is 17.2 Å². The summed E-state index contributed by atoms with van der Waals surface area (Å²) >= 11 is 0. The Morgan fingerprint density at radius 2 is 1.73 bits per heavy atom. The highest BCUT2D eigenvalue weighted by Crippen LogP contribution is 2.34. The number of rotatable bonds is 6. The summed E-state index contributed by atoms with van der Waals surface area (Å²) in [5.74, 6) is 0.00213. The van der Waals surface area contributed by atoms with E-state index in [0.29, 0.717) is 25.1 Å². The smallest absolute Gasteiger partial charge is 0.243 e. The third-order valence-corrected chi connectivity index (χ3v) is 8.48. The number of phenols is 1. The summed E-state index contributed by atoms with van der Waals surface area (Å²) in [4.78, 5) is 6.54. The third kappa shape index (κ3) is 5.33. The molecular weight excluding hydrogens is 484 g/mol. The van der Waals surface area contributed by atoms with Crippen molar-refractivity contribution in [1.29, 1.82) is 5.26 Å². The fraction of sp³-hybridized carbons (Fsp3) is 0.172. The van der Waals surface area contributed by atoms with Gasteiger partial charge in [0.15, 0.2) is 0 Å². The largest absolute Gasteiger partial charge is 0.508 e. The molecule has 1 aliphatic rings. The van der Waals surface area contributed by atoms with Crippen LogP contribution in [0.5, 0.6) is 5.75 Å². The number of sulfonamides is 1. The fourth-order valence-corrected chi connectivity index (χ4v) is 6.37. The average Bonchev–Trinajstić information content (AvgIpc) is 3.07. The van der Waals surface area contributed by atoms with Gasteiger partial charge in [-0.05, 0) is 71.6 Å². The van der Waals surface area contributed by atoms with Gasteiger partial charge in [0.25, 0.3) is 0 Å². The maximum Gasteiger partial charge on any atom is 0.243 e. The first-order valence-corrected chi connectivity index (χ1v) is 13.4. The number of pyridine rings is 1. The SMILES string of the molecule is N#Cc1ccc2c(c1)CN(S(=O)(=O)c1ccc(O)cc1)[C@H](Cc1ccccc1)CN2Cc1cccnc1. The number of benzene rings is 3. The van der Waals surface area contributed by atoms with Crippen molar-refractivity contribution in [1.82, 2.24) is 9.29 Å². The topological polar surface area (TPSA) is 97.5 Å². The third-order valence-electron chi connectivity index (χ3n) is 6.57. The van der Waals surface area contributed by atoms with E-state index in [1.807, 2.05) is 54.7 Å². The van der Waals surface area contributed by atoms with Gasteiger partial charge < -0.3 is 10.0 Å². The van der Waals surface area contributed by atoms with Crippen LogP contribution in [0.3, 0.4) is 0 Å². The van der Waals surface area contributed by atoms with Crippen molar-refractivity contribution in [2.75, 3.05) is 11.4 Å². The zero-order chi connectivity index (χ0) is 25.8. The van der Waals surface area contributed by atoms with Crippen molar-refractivity contribution in [2.24, 2.45) is 0 Å². The molecule has 0 radical (unpaired) electrons. The monoisotopic (exact) mass is 510 g/mol. The Hall–Kier alpha value is -4.19. The molecule has 0 saturated carbocycles. The Balaban J connectivity index is 1.62. The van der Waals surface area contributed by atoms with Gasteiger partial charge in [0.2, 0.25) is 10.0 Å². The first-order valence-electron chi connectivity index (χ1n) is 12.0. The molecule has 0 unspecified atom stereocenters. The quantitative estimate of drug-likeness (QED) is 0.411. The van der Waals surface area contributed by atoms with E-state index in [4.69, 9.17) is 0 Å². The van der Waals surface area contributed by atoms with Crippen molar-refractivity contribution in [2.45, 2.75) is 30.4 Å². The highest BCUT2D eigenvalue weighted by atomic mass is 32.2. The molecule has 1 aromatic heterocycles. The lowest BCUT2D eigenvalue weighted by Crippen LogP contribution is -2.45. The zero-order valence-corrected chi connectivity index (χ0v) is 20.9. The zero-order valence-electron chi connectivity index (χ0n) is 20.1. The first-order chi connectivity index (χ1) is 17.9. The summed E-state index contributed by atoms with van der Waals surface area (Å²) in [7, 11) is -3.93. The van der Waals surface area contributed by atoms with E-state index < -0.39 is 16.1 Å². The number of phenolic OH excluding ortho intramolecular Hbond substituents is 1. The second-order valence-electron chi connectivity index (χ2n) is 9.08. The van der Waals surface area contributed by atoms with E-state index in [9.17, 15) is 18.8 Å². The fourth-order valence-electron chi connectivity index (χ4n) is 4.78. The van der Waals surface area contributed by atoms with Gasteiger partial charge in [0.05, 0.1) is 16.5 Å². The number of hydrogen-bond acceptors (Lipinski definition) is 6. The predicted molar refractivity (Wildman–Crippen MR) is 141 cm³/mol. The molecule has 0 saturated heterocycles. The summed E-state index contributed by atoms with van der Waals surface area (Å²) in [6, 6.07) is 26.6. The van der Waals surface area contributed by atoms with Gasteiger partial charge in [-0.3, -0.25) is 4.98 Å². The van der Waals surface area contributed by atoms with E-state index in [1.54, 1.807) is 18.3 Å². The second-order valence-corrected chi connectivity index (χ2v) is 11.0. The molecule has 1 aliphatic heterocycles. The van der Waals surface area contributed by atoms with Crippen molar-refractivity contribution in [3.05, 3.63) is 120 Å². The van der Waals surface area contributed by atoms with Crippen LogP contribution in [0.15, 0.2) is 102 Å². The maximum atomic E-state index is 14.0. The van der Waals surface area contributed by atoms with Crippen LogP contribution in [0.25, 0.3) is 0 Å².